The van der Waals surface area contributed by atoms with E-state index in [9.17, 15) is 9.90 Å². The second-order valence-corrected chi connectivity index (χ2v) is 9.92. The number of carbonyl (C=O) groups excluding carboxylic acids is 1. The number of nitrogens with zero attached hydrogens (tertiary/aromatic N) is 2. The molecule has 2 aromatic carbocycles. The van der Waals surface area contributed by atoms with Crippen molar-refractivity contribution in [3.8, 4) is 17.2 Å². The van der Waals surface area contributed by atoms with Gasteiger partial charge in [-0.05, 0) is 23.6 Å². The van der Waals surface area contributed by atoms with Crippen LogP contribution in [-0.4, -0.2) is 100 Å². The fraction of sp³-hybridized carbons (Fsp3) is 0.552. The lowest BCUT2D eigenvalue weighted by Crippen LogP contribution is -2.51. The van der Waals surface area contributed by atoms with Gasteiger partial charge in [0.25, 0.3) is 5.91 Å². The van der Waals surface area contributed by atoms with Gasteiger partial charge in [0.15, 0.2) is 11.5 Å². The maximum Gasteiger partial charge on any atom is 0.254 e. The Hall–Kier alpha value is -2.85. The van der Waals surface area contributed by atoms with Gasteiger partial charge >= 0.3 is 0 Å². The van der Waals surface area contributed by atoms with E-state index in [1.54, 1.807) is 12.1 Å². The van der Waals surface area contributed by atoms with E-state index in [0.29, 0.717) is 62.2 Å². The number of carbonyl (C=O) groups is 1. The molecule has 2 unspecified atom stereocenters. The third kappa shape index (κ3) is 8.59. The maximum absolute atomic E-state index is 13.6. The predicted molar refractivity (Wildman–Crippen MR) is 145 cm³/mol. The van der Waals surface area contributed by atoms with E-state index in [1.807, 2.05) is 35.2 Å². The first-order chi connectivity index (χ1) is 18.3. The van der Waals surface area contributed by atoms with E-state index in [4.69, 9.17) is 23.7 Å². The highest BCUT2D eigenvalue weighted by Crippen LogP contribution is 2.38. The van der Waals surface area contributed by atoms with Crippen molar-refractivity contribution in [3.05, 3.63) is 53.6 Å². The summed E-state index contributed by atoms with van der Waals surface area (Å²) in [6.45, 7) is 8.26. The quantitative estimate of drug-likeness (QED) is 0.399. The number of aliphatic hydroxyl groups excluding tert-OH is 1. The average molecular weight is 531 g/mol. The van der Waals surface area contributed by atoms with Gasteiger partial charge < -0.3 is 33.7 Å². The minimum absolute atomic E-state index is 0.131. The fourth-order valence-electron chi connectivity index (χ4n) is 4.61. The van der Waals surface area contributed by atoms with Gasteiger partial charge in [0.2, 0.25) is 5.75 Å². The minimum Gasteiger partial charge on any atom is -0.493 e. The van der Waals surface area contributed by atoms with E-state index >= 15 is 0 Å². The number of ether oxygens (including phenoxy) is 5. The molecule has 38 heavy (non-hydrogen) atoms. The Morgan fingerprint density at radius 3 is 2.39 bits per heavy atom. The number of β-amino-alcohol motifs (C(OH)–C–C–N with tert-alkyl or cyclic N) is 1. The van der Waals surface area contributed by atoms with Crippen molar-refractivity contribution in [2.75, 3.05) is 67.3 Å². The van der Waals surface area contributed by atoms with Gasteiger partial charge in [-0.25, -0.2) is 0 Å². The van der Waals surface area contributed by atoms with Gasteiger partial charge in [0, 0.05) is 38.3 Å². The summed E-state index contributed by atoms with van der Waals surface area (Å²) in [7, 11) is 4.59. The van der Waals surface area contributed by atoms with Gasteiger partial charge in [-0.3, -0.25) is 9.69 Å². The van der Waals surface area contributed by atoms with Crippen LogP contribution in [0, 0.1) is 5.92 Å². The van der Waals surface area contributed by atoms with Crippen LogP contribution in [0.5, 0.6) is 17.2 Å². The number of morpholine rings is 1. The Morgan fingerprint density at radius 2 is 1.79 bits per heavy atom. The lowest BCUT2D eigenvalue weighted by atomic mass is 10.1. The summed E-state index contributed by atoms with van der Waals surface area (Å²) >= 11 is 0. The third-order valence-electron chi connectivity index (χ3n) is 6.32. The number of hydrogen-bond donors (Lipinski definition) is 1. The lowest BCUT2D eigenvalue weighted by Gasteiger charge is -2.37. The van der Waals surface area contributed by atoms with Crippen molar-refractivity contribution in [3.63, 3.8) is 0 Å². The molecule has 0 aromatic heterocycles. The molecule has 9 heteroatoms. The number of benzene rings is 2. The Kier molecular flexibility index (Phi) is 11.7. The van der Waals surface area contributed by atoms with Gasteiger partial charge in [0.1, 0.15) is 0 Å². The Labute approximate surface area is 226 Å². The Bertz CT molecular complexity index is 977. The van der Waals surface area contributed by atoms with Crippen molar-refractivity contribution in [1.29, 1.82) is 0 Å². The van der Waals surface area contributed by atoms with Crippen LogP contribution in [0.3, 0.4) is 0 Å². The second kappa shape index (κ2) is 14.9. The molecule has 210 valence electrons. The maximum atomic E-state index is 13.6. The summed E-state index contributed by atoms with van der Waals surface area (Å²) in [6.07, 6.45) is -0.781. The third-order valence-corrected chi connectivity index (χ3v) is 6.32. The molecule has 1 aliphatic rings. The summed E-state index contributed by atoms with van der Waals surface area (Å²) in [4.78, 5) is 17.6. The second-order valence-electron chi connectivity index (χ2n) is 9.92. The standard InChI is InChI=1S/C29H42N2O7/c1-21(2)15-31(29(33)23-13-26(34-3)28(36-5)27(14-23)35-4)18-25-17-30(11-12-38-25)16-24(32)20-37-19-22-9-7-6-8-10-22/h6-10,13-14,21,24-25,32H,11-12,15-20H2,1-5H3. The van der Waals surface area contributed by atoms with Crippen molar-refractivity contribution in [2.45, 2.75) is 32.7 Å². The molecule has 2 aromatic rings. The molecule has 0 radical (unpaired) electrons. The average Bonchev–Trinajstić information content (AvgIpc) is 2.92. The van der Waals surface area contributed by atoms with Crippen LogP contribution < -0.4 is 14.2 Å². The molecule has 1 N–H and O–H groups in total. The normalized spacial score (nSPS) is 16.8. The molecule has 1 aliphatic heterocycles. The van der Waals surface area contributed by atoms with E-state index in [-0.39, 0.29) is 24.5 Å². The summed E-state index contributed by atoms with van der Waals surface area (Å²) in [5, 5.41) is 10.5. The molecule has 0 spiro atoms. The molecule has 3 rings (SSSR count). The van der Waals surface area contributed by atoms with Crippen LogP contribution in [0.1, 0.15) is 29.8 Å². The summed E-state index contributed by atoms with van der Waals surface area (Å²) in [6, 6.07) is 13.3. The first-order valence-corrected chi connectivity index (χ1v) is 13.1. The first kappa shape index (κ1) is 29.7. The molecule has 1 fully saturated rings. The van der Waals surface area contributed by atoms with E-state index in [1.165, 1.54) is 21.3 Å². The van der Waals surface area contributed by atoms with E-state index in [2.05, 4.69) is 18.7 Å². The van der Waals surface area contributed by atoms with Gasteiger partial charge in [-0.1, -0.05) is 44.2 Å². The summed E-state index contributed by atoms with van der Waals surface area (Å²) in [5.41, 5.74) is 1.53. The Balaban J connectivity index is 1.60. The van der Waals surface area contributed by atoms with Gasteiger partial charge in [-0.15, -0.1) is 0 Å². The highest BCUT2D eigenvalue weighted by molar-refractivity contribution is 5.95. The van der Waals surface area contributed by atoms with Crippen molar-refractivity contribution >= 4 is 5.91 Å². The zero-order valence-electron chi connectivity index (χ0n) is 23.2. The highest BCUT2D eigenvalue weighted by atomic mass is 16.5. The van der Waals surface area contributed by atoms with Gasteiger partial charge in [0.05, 0.1) is 53.4 Å². The van der Waals surface area contributed by atoms with E-state index in [0.717, 1.165) is 12.1 Å². The molecule has 1 saturated heterocycles. The molecule has 0 saturated carbocycles. The number of methoxy groups -OCH3 is 3. The monoisotopic (exact) mass is 530 g/mol. The van der Waals surface area contributed by atoms with Crippen molar-refractivity contribution in [1.82, 2.24) is 9.80 Å². The fourth-order valence-corrected chi connectivity index (χ4v) is 4.61. The molecule has 0 bridgehead atoms. The summed E-state index contributed by atoms with van der Waals surface area (Å²) in [5.74, 6) is 1.45. The zero-order chi connectivity index (χ0) is 27.5. The first-order valence-electron chi connectivity index (χ1n) is 13.1. The van der Waals surface area contributed by atoms with Gasteiger partial charge in [-0.2, -0.15) is 0 Å². The molecule has 0 aliphatic carbocycles. The molecule has 1 amide bonds. The van der Waals surface area contributed by atoms with Crippen LogP contribution in [0.2, 0.25) is 0 Å². The predicted octanol–water partition coefficient (Wildman–Crippen LogP) is 3.09. The van der Waals surface area contributed by atoms with Crippen molar-refractivity contribution < 1.29 is 33.6 Å². The van der Waals surface area contributed by atoms with Crippen LogP contribution in [0.4, 0.5) is 0 Å². The highest BCUT2D eigenvalue weighted by Gasteiger charge is 2.28. The van der Waals surface area contributed by atoms with Crippen LogP contribution >= 0.6 is 0 Å². The molecular weight excluding hydrogens is 488 g/mol. The topological polar surface area (TPSA) is 89.9 Å². The molecular formula is C29H42N2O7. The smallest absolute Gasteiger partial charge is 0.254 e. The number of hydrogen-bond acceptors (Lipinski definition) is 8. The lowest BCUT2D eigenvalue weighted by molar-refractivity contribution is -0.0602. The molecule has 1 heterocycles. The van der Waals surface area contributed by atoms with Crippen LogP contribution in [0.25, 0.3) is 0 Å². The number of rotatable bonds is 14. The molecule has 2 atom stereocenters. The largest absolute Gasteiger partial charge is 0.493 e. The number of aliphatic hydroxyl groups is 1. The van der Waals surface area contributed by atoms with Crippen molar-refractivity contribution in [2.24, 2.45) is 5.92 Å². The van der Waals surface area contributed by atoms with Crippen LogP contribution in [0.15, 0.2) is 42.5 Å². The minimum atomic E-state index is -0.606. The molecule has 9 nitrogen and oxygen atoms in total. The SMILES string of the molecule is COc1cc(C(=O)N(CC(C)C)CC2CN(CC(O)COCc3ccccc3)CCO2)cc(OC)c1OC. The summed E-state index contributed by atoms with van der Waals surface area (Å²) < 4.78 is 28.0. The Morgan fingerprint density at radius 1 is 1.11 bits per heavy atom. The van der Waals surface area contributed by atoms with E-state index < -0.39 is 6.10 Å². The van der Waals surface area contributed by atoms with Crippen LogP contribution in [-0.2, 0) is 16.1 Å². The number of amides is 1. The zero-order valence-corrected chi connectivity index (χ0v) is 23.2.